The number of carbonyl (C=O) groups excluding carboxylic acids is 2. The van der Waals surface area contributed by atoms with Crippen LogP contribution in [0, 0.1) is 0 Å². The Balaban J connectivity index is 1.77. The Morgan fingerprint density at radius 1 is 1.38 bits per heavy atom. The van der Waals surface area contributed by atoms with Crippen molar-refractivity contribution in [1.29, 1.82) is 0 Å². The molecule has 2 heterocycles. The van der Waals surface area contributed by atoms with E-state index in [2.05, 4.69) is 10.2 Å². The number of carbonyl (C=O) groups is 2. The van der Waals surface area contributed by atoms with Crippen molar-refractivity contribution in [3.05, 3.63) is 0 Å². The number of imide groups is 1. The molecule has 1 atom stereocenters. The van der Waals surface area contributed by atoms with Gasteiger partial charge in [-0.05, 0) is 13.0 Å². The first-order valence-corrected chi connectivity index (χ1v) is 6.47. The summed E-state index contributed by atoms with van der Waals surface area (Å²) in [5.41, 5.74) is 0. The van der Waals surface area contributed by atoms with Crippen molar-refractivity contribution >= 4 is 22.9 Å². The first kappa shape index (κ1) is 11.9. The van der Waals surface area contributed by atoms with Crippen molar-refractivity contribution in [2.24, 2.45) is 0 Å². The van der Waals surface area contributed by atoms with Gasteiger partial charge in [0, 0.05) is 33.2 Å². The number of nitrogens with zero attached hydrogens (tertiary/aromatic N) is 2. The van der Waals surface area contributed by atoms with E-state index in [9.17, 15) is 9.59 Å². The van der Waals surface area contributed by atoms with Crippen molar-refractivity contribution in [3.63, 3.8) is 0 Å². The summed E-state index contributed by atoms with van der Waals surface area (Å²) in [6.45, 7) is 5.02. The molecule has 0 aromatic carbocycles. The van der Waals surface area contributed by atoms with Gasteiger partial charge in [0.05, 0.1) is 5.25 Å². The van der Waals surface area contributed by atoms with Gasteiger partial charge in [0.25, 0.3) is 5.24 Å². The van der Waals surface area contributed by atoms with E-state index in [1.807, 2.05) is 0 Å². The first-order chi connectivity index (χ1) is 7.68. The Bertz CT molecular complexity index is 292. The molecule has 0 aromatic rings. The van der Waals surface area contributed by atoms with Gasteiger partial charge in [-0.1, -0.05) is 11.8 Å². The molecule has 0 saturated carbocycles. The van der Waals surface area contributed by atoms with Crippen molar-refractivity contribution in [1.82, 2.24) is 15.1 Å². The van der Waals surface area contributed by atoms with Crippen LogP contribution in [-0.4, -0.2) is 66.0 Å². The first-order valence-electron chi connectivity index (χ1n) is 5.60. The van der Waals surface area contributed by atoms with Crippen LogP contribution in [0.2, 0.25) is 0 Å². The predicted octanol–water partition coefficient (Wildman–Crippen LogP) is -0.0245. The minimum absolute atomic E-state index is 0.0369. The highest BCUT2D eigenvalue weighted by Crippen LogP contribution is 2.27. The molecule has 0 aliphatic carbocycles. The Labute approximate surface area is 99.5 Å². The number of piperazine rings is 1. The van der Waals surface area contributed by atoms with Gasteiger partial charge in [0.15, 0.2) is 0 Å². The molecular weight excluding hydrogens is 226 g/mol. The highest BCUT2D eigenvalue weighted by Gasteiger charge is 2.36. The summed E-state index contributed by atoms with van der Waals surface area (Å²) in [5.74, 6) is -0.0369. The number of hydrogen-bond donors (Lipinski definition) is 1. The standard InChI is InChI=1S/C10H17N3O2S/c1-12-9(14)8(16-10(12)15)2-5-13-6-3-11-4-7-13/h8,11H,2-7H2,1H3. The smallest absolute Gasteiger partial charge is 0.288 e. The fourth-order valence-corrected chi connectivity index (χ4v) is 2.95. The topological polar surface area (TPSA) is 52.7 Å². The van der Waals surface area contributed by atoms with Crippen LogP contribution in [0.15, 0.2) is 0 Å². The molecule has 16 heavy (non-hydrogen) atoms. The second kappa shape index (κ2) is 5.16. The van der Waals surface area contributed by atoms with Gasteiger partial charge < -0.3 is 10.2 Å². The van der Waals surface area contributed by atoms with E-state index in [1.165, 1.54) is 16.7 Å². The Morgan fingerprint density at radius 2 is 2.06 bits per heavy atom. The lowest BCUT2D eigenvalue weighted by molar-refractivity contribution is -0.125. The van der Waals surface area contributed by atoms with Crippen LogP contribution in [0.1, 0.15) is 6.42 Å². The van der Waals surface area contributed by atoms with Gasteiger partial charge in [0.2, 0.25) is 5.91 Å². The molecule has 0 spiro atoms. The van der Waals surface area contributed by atoms with Crippen LogP contribution in [0.4, 0.5) is 4.79 Å². The molecule has 1 unspecified atom stereocenters. The second-order valence-corrected chi connectivity index (χ2v) is 5.30. The van der Waals surface area contributed by atoms with Crippen molar-refractivity contribution < 1.29 is 9.59 Å². The third kappa shape index (κ3) is 2.56. The molecule has 2 aliphatic heterocycles. The number of hydrogen-bond acceptors (Lipinski definition) is 5. The summed E-state index contributed by atoms with van der Waals surface area (Å²) in [6, 6.07) is 0. The number of nitrogens with one attached hydrogen (secondary N) is 1. The van der Waals surface area contributed by atoms with Gasteiger partial charge in [0.1, 0.15) is 0 Å². The summed E-state index contributed by atoms with van der Waals surface area (Å²) >= 11 is 1.17. The normalized spacial score (nSPS) is 27.8. The maximum absolute atomic E-state index is 11.6. The van der Waals surface area contributed by atoms with Gasteiger partial charge in [-0.15, -0.1) is 0 Å². The Morgan fingerprint density at radius 3 is 2.62 bits per heavy atom. The van der Waals surface area contributed by atoms with Crippen molar-refractivity contribution in [2.75, 3.05) is 39.8 Å². The van der Waals surface area contributed by atoms with Crippen LogP contribution in [0.25, 0.3) is 0 Å². The van der Waals surface area contributed by atoms with Gasteiger partial charge in [-0.2, -0.15) is 0 Å². The average Bonchev–Trinajstić information content (AvgIpc) is 2.56. The van der Waals surface area contributed by atoms with Crippen LogP contribution in [0.3, 0.4) is 0 Å². The maximum Gasteiger partial charge on any atom is 0.288 e. The fourth-order valence-electron chi connectivity index (χ4n) is 1.97. The van der Waals surface area contributed by atoms with E-state index in [1.54, 1.807) is 7.05 Å². The molecular formula is C10H17N3O2S. The van der Waals surface area contributed by atoms with E-state index < -0.39 is 0 Å². The number of amides is 2. The van der Waals surface area contributed by atoms with Crippen molar-refractivity contribution in [2.45, 2.75) is 11.7 Å². The monoisotopic (exact) mass is 243 g/mol. The molecule has 2 amide bonds. The molecule has 2 rings (SSSR count). The number of rotatable bonds is 3. The lowest BCUT2D eigenvalue weighted by Gasteiger charge is -2.27. The molecule has 90 valence electrons. The third-order valence-corrected chi connectivity index (χ3v) is 4.24. The predicted molar refractivity (Wildman–Crippen MR) is 63.5 cm³/mol. The summed E-state index contributed by atoms with van der Waals surface area (Å²) in [5, 5.41) is 3.01. The molecule has 6 heteroatoms. The highest BCUT2D eigenvalue weighted by atomic mass is 32.2. The van der Waals surface area contributed by atoms with Gasteiger partial charge in [-0.3, -0.25) is 14.5 Å². The zero-order chi connectivity index (χ0) is 11.5. The highest BCUT2D eigenvalue weighted by molar-refractivity contribution is 8.15. The Hall–Kier alpha value is -0.590. The lowest BCUT2D eigenvalue weighted by atomic mass is 10.2. The summed E-state index contributed by atoms with van der Waals surface area (Å²) in [4.78, 5) is 26.5. The van der Waals surface area contributed by atoms with E-state index in [4.69, 9.17) is 0 Å². The van der Waals surface area contributed by atoms with Crippen LogP contribution < -0.4 is 5.32 Å². The van der Waals surface area contributed by atoms with Gasteiger partial charge in [-0.25, -0.2) is 0 Å². The molecule has 1 N–H and O–H groups in total. The third-order valence-electron chi connectivity index (χ3n) is 3.04. The zero-order valence-electron chi connectivity index (χ0n) is 9.44. The minimum Gasteiger partial charge on any atom is -0.314 e. The molecule has 0 bridgehead atoms. The lowest BCUT2D eigenvalue weighted by Crippen LogP contribution is -2.44. The number of thioether (sulfide) groups is 1. The van der Waals surface area contributed by atoms with E-state index >= 15 is 0 Å². The SMILES string of the molecule is CN1C(=O)SC(CCN2CCNCC2)C1=O. The maximum atomic E-state index is 11.6. The van der Waals surface area contributed by atoms with Gasteiger partial charge >= 0.3 is 0 Å². The zero-order valence-corrected chi connectivity index (χ0v) is 10.3. The van der Waals surface area contributed by atoms with E-state index in [0.717, 1.165) is 39.1 Å². The molecule has 2 saturated heterocycles. The average molecular weight is 243 g/mol. The second-order valence-electron chi connectivity index (χ2n) is 4.15. The minimum atomic E-state index is -0.160. The molecule has 2 aliphatic rings. The van der Waals surface area contributed by atoms with Crippen LogP contribution in [0.5, 0.6) is 0 Å². The summed E-state index contributed by atoms with van der Waals surface area (Å²) in [7, 11) is 1.56. The molecule has 0 radical (unpaired) electrons. The van der Waals surface area contributed by atoms with E-state index in [-0.39, 0.29) is 16.4 Å². The molecule has 5 nitrogen and oxygen atoms in total. The van der Waals surface area contributed by atoms with Crippen LogP contribution >= 0.6 is 11.8 Å². The summed E-state index contributed by atoms with van der Waals surface area (Å²) < 4.78 is 0. The van der Waals surface area contributed by atoms with Crippen molar-refractivity contribution in [3.8, 4) is 0 Å². The van der Waals surface area contributed by atoms with Crippen LogP contribution in [-0.2, 0) is 4.79 Å². The Kier molecular flexibility index (Phi) is 3.83. The molecule has 2 fully saturated rings. The summed E-state index contributed by atoms with van der Waals surface area (Å²) in [6.07, 6.45) is 0.777. The largest absolute Gasteiger partial charge is 0.314 e. The van der Waals surface area contributed by atoms with E-state index in [0.29, 0.717) is 0 Å². The quantitative estimate of drug-likeness (QED) is 0.755. The fraction of sp³-hybridized carbons (Fsp3) is 0.800. The molecule has 0 aromatic heterocycles.